The molecule has 0 N–H and O–H groups in total. The molecule has 0 fully saturated rings. The van der Waals surface area contributed by atoms with Crippen molar-refractivity contribution in [2.75, 3.05) is 0 Å². The third-order valence-corrected chi connectivity index (χ3v) is 7.76. The van der Waals surface area contributed by atoms with E-state index in [4.69, 9.17) is 0 Å². The molecule has 2 aromatic carbocycles. The standard InChI is InChI=1S/C28H19BrO2/c29-23-16-25(31)28-14-13-19(24(30)15-22(23)28)27-20(11-12-21(27)28)26(17-7-3-1-4-8-17)18-9-5-2-6-10-18/h1-16,19,21,27H/t19-,21+,27-,28+/m1/s1. The van der Waals surface area contributed by atoms with Crippen LogP contribution in [0.1, 0.15) is 11.1 Å². The van der Waals surface area contributed by atoms with Crippen molar-refractivity contribution in [1.82, 2.24) is 0 Å². The van der Waals surface area contributed by atoms with Gasteiger partial charge in [0.15, 0.2) is 11.6 Å². The zero-order chi connectivity index (χ0) is 21.2. The molecule has 4 atom stereocenters. The largest absolute Gasteiger partial charge is 0.294 e. The maximum Gasteiger partial charge on any atom is 0.171 e. The Kier molecular flexibility index (Phi) is 4.06. The fourth-order valence-electron chi connectivity index (χ4n) is 5.79. The number of ketones is 2. The molecule has 150 valence electrons. The molecule has 3 heteroatoms. The lowest BCUT2D eigenvalue weighted by atomic mass is 9.60. The van der Waals surface area contributed by atoms with Crippen LogP contribution in [0, 0.1) is 23.2 Å². The number of carbonyl (C=O) groups excluding carboxylic acids is 2. The van der Waals surface area contributed by atoms with Crippen molar-refractivity contribution in [1.29, 1.82) is 0 Å². The summed E-state index contributed by atoms with van der Waals surface area (Å²) in [6.45, 7) is 0. The number of hydrogen-bond donors (Lipinski definition) is 0. The van der Waals surface area contributed by atoms with E-state index in [-0.39, 0.29) is 29.3 Å². The summed E-state index contributed by atoms with van der Waals surface area (Å²) >= 11 is 3.54. The summed E-state index contributed by atoms with van der Waals surface area (Å²) in [4.78, 5) is 26.6. The van der Waals surface area contributed by atoms with Crippen molar-refractivity contribution in [2.24, 2.45) is 23.2 Å². The molecule has 2 aromatic rings. The summed E-state index contributed by atoms with van der Waals surface area (Å²) in [5, 5.41) is 0. The van der Waals surface area contributed by atoms with Gasteiger partial charge in [-0.3, -0.25) is 9.59 Å². The van der Waals surface area contributed by atoms with Gasteiger partial charge < -0.3 is 0 Å². The highest BCUT2D eigenvalue weighted by molar-refractivity contribution is 9.12. The molecule has 0 saturated heterocycles. The second-order valence-corrected chi connectivity index (χ2v) is 9.40. The highest BCUT2D eigenvalue weighted by Gasteiger charge is 2.59. The number of hydrogen-bond acceptors (Lipinski definition) is 2. The Balaban J connectivity index is 1.61. The average molecular weight is 467 g/mol. The van der Waals surface area contributed by atoms with Crippen molar-refractivity contribution < 1.29 is 9.59 Å². The van der Waals surface area contributed by atoms with Crippen molar-refractivity contribution in [3.8, 4) is 0 Å². The number of rotatable bonds is 2. The minimum absolute atomic E-state index is 0.0527. The van der Waals surface area contributed by atoms with Gasteiger partial charge >= 0.3 is 0 Å². The molecule has 5 aliphatic carbocycles. The van der Waals surface area contributed by atoms with Crippen LogP contribution in [-0.2, 0) is 9.59 Å². The van der Waals surface area contributed by atoms with Crippen LogP contribution in [0.4, 0.5) is 0 Å². The lowest BCUT2D eigenvalue weighted by Crippen LogP contribution is -2.41. The SMILES string of the molecule is O=C1C=C2C(Br)=CC(=O)[C@]23C=C[C@H]1[C@@H]1C(=C(c2ccccc2)c2ccccc2)C=C[C@@H]13. The van der Waals surface area contributed by atoms with Gasteiger partial charge in [-0.25, -0.2) is 0 Å². The predicted octanol–water partition coefficient (Wildman–Crippen LogP) is 5.83. The minimum atomic E-state index is -0.789. The molecular formula is C28H19BrO2. The first-order chi connectivity index (χ1) is 15.1. The molecule has 5 aliphatic rings. The Labute approximate surface area is 189 Å². The molecule has 2 nitrogen and oxygen atoms in total. The van der Waals surface area contributed by atoms with Gasteiger partial charge in [0.1, 0.15) is 0 Å². The summed E-state index contributed by atoms with van der Waals surface area (Å²) in [6.07, 6.45) is 11.6. The Hall–Kier alpha value is -3.04. The van der Waals surface area contributed by atoms with E-state index in [9.17, 15) is 9.59 Å². The van der Waals surface area contributed by atoms with Gasteiger partial charge in [0, 0.05) is 22.2 Å². The zero-order valence-corrected chi connectivity index (χ0v) is 18.3. The van der Waals surface area contributed by atoms with Crippen LogP contribution in [0.5, 0.6) is 0 Å². The van der Waals surface area contributed by atoms with Gasteiger partial charge in [-0.1, -0.05) is 101 Å². The molecule has 0 aromatic heterocycles. The van der Waals surface area contributed by atoms with Crippen LogP contribution in [0.25, 0.3) is 5.57 Å². The summed E-state index contributed by atoms with van der Waals surface area (Å²) in [7, 11) is 0. The first-order valence-electron chi connectivity index (χ1n) is 10.5. The maximum absolute atomic E-state index is 13.3. The molecule has 31 heavy (non-hydrogen) atoms. The van der Waals surface area contributed by atoms with E-state index >= 15 is 0 Å². The Bertz CT molecular complexity index is 1240. The van der Waals surface area contributed by atoms with Crippen LogP contribution in [0.2, 0.25) is 0 Å². The molecule has 0 saturated carbocycles. The highest BCUT2D eigenvalue weighted by Crippen LogP contribution is 2.61. The van der Waals surface area contributed by atoms with Crippen LogP contribution < -0.4 is 0 Å². The third kappa shape index (κ3) is 2.50. The van der Waals surface area contributed by atoms with E-state index in [1.807, 2.05) is 48.6 Å². The molecule has 0 radical (unpaired) electrons. The Morgan fingerprint density at radius 3 is 2.13 bits per heavy atom. The van der Waals surface area contributed by atoms with Crippen molar-refractivity contribution in [2.45, 2.75) is 0 Å². The van der Waals surface area contributed by atoms with E-state index in [1.165, 1.54) is 0 Å². The normalized spacial score (nSPS) is 30.1. The number of halogens is 1. The topological polar surface area (TPSA) is 34.1 Å². The van der Waals surface area contributed by atoms with Crippen LogP contribution in [0.15, 0.2) is 113 Å². The summed E-state index contributed by atoms with van der Waals surface area (Å²) in [6, 6.07) is 20.7. The summed E-state index contributed by atoms with van der Waals surface area (Å²) in [5.74, 6) is -0.290. The Morgan fingerprint density at radius 2 is 1.48 bits per heavy atom. The fourth-order valence-corrected chi connectivity index (χ4v) is 6.44. The van der Waals surface area contributed by atoms with Crippen LogP contribution in [-0.4, -0.2) is 11.6 Å². The second-order valence-electron chi connectivity index (χ2n) is 8.54. The lowest BCUT2D eigenvalue weighted by molar-refractivity contribution is -0.123. The highest BCUT2D eigenvalue weighted by atomic mass is 79.9. The molecular weight excluding hydrogens is 448 g/mol. The molecule has 2 bridgehead atoms. The third-order valence-electron chi connectivity index (χ3n) is 7.11. The number of carbonyl (C=O) groups is 2. The van der Waals surface area contributed by atoms with Crippen molar-refractivity contribution in [3.05, 3.63) is 124 Å². The molecule has 7 rings (SSSR count). The quantitative estimate of drug-likeness (QED) is 0.521. The van der Waals surface area contributed by atoms with Crippen molar-refractivity contribution in [3.63, 3.8) is 0 Å². The van der Waals surface area contributed by atoms with E-state index in [1.54, 1.807) is 12.2 Å². The summed E-state index contributed by atoms with van der Waals surface area (Å²) in [5.41, 5.74) is 4.52. The number of benzene rings is 2. The second kappa shape index (κ2) is 6.73. The smallest absolute Gasteiger partial charge is 0.171 e. The van der Waals surface area contributed by atoms with Gasteiger partial charge in [-0.05, 0) is 40.0 Å². The van der Waals surface area contributed by atoms with E-state index in [0.29, 0.717) is 0 Å². The molecule has 0 amide bonds. The fraction of sp³-hybridized carbons (Fsp3) is 0.143. The van der Waals surface area contributed by atoms with Crippen LogP contribution in [0.3, 0.4) is 0 Å². The van der Waals surface area contributed by atoms with Crippen molar-refractivity contribution >= 4 is 33.1 Å². The van der Waals surface area contributed by atoms with Gasteiger partial charge in [-0.2, -0.15) is 0 Å². The minimum Gasteiger partial charge on any atom is -0.294 e. The lowest BCUT2D eigenvalue weighted by Gasteiger charge is -2.40. The first-order valence-corrected chi connectivity index (χ1v) is 11.3. The molecule has 1 spiro atoms. The van der Waals surface area contributed by atoms with Gasteiger partial charge in [0.25, 0.3) is 0 Å². The Morgan fingerprint density at radius 1 is 0.839 bits per heavy atom. The number of fused-ring (bicyclic) bond motifs is 1. The summed E-state index contributed by atoms with van der Waals surface area (Å²) < 4.78 is 0.731. The van der Waals surface area contributed by atoms with Gasteiger partial charge in [-0.15, -0.1) is 0 Å². The van der Waals surface area contributed by atoms with Gasteiger partial charge in [0.05, 0.1) is 5.41 Å². The first kappa shape index (κ1) is 18.7. The molecule has 0 heterocycles. The van der Waals surface area contributed by atoms with Crippen LogP contribution >= 0.6 is 15.9 Å². The molecule has 0 aliphatic heterocycles. The van der Waals surface area contributed by atoms with E-state index < -0.39 is 5.41 Å². The molecule has 0 unspecified atom stereocenters. The average Bonchev–Trinajstić information content (AvgIpc) is 3.24. The van der Waals surface area contributed by atoms with E-state index in [2.05, 4.69) is 52.3 Å². The maximum atomic E-state index is 13.3. The zero-order valence-electron chi connectivity index (χ0n) is 16.7. The predicted molar refractivity (Wildman–Crippen MR) is 125 cm³/mol. The van der Waals surface area contributed by atoms with E-state index in [0.717, 1.165) is 32.3 Å². The van der Waals surface area contributed by atoms with Gasteiger partial charge in [0.2, 0.25) is 0 Å². The monoisotopic (exact) mass is 466 g/mol. The number of allylic oxidation sites excluding steroid dienone is 9.